The molecule has 0 unspecified atom stereocenters. The van der Waals surface area contributed by atoms with Gasteiger partial charge in [-0.15, -0.1) is 54.2 Å². The minimum atomic E-state index is -5.13. The normalized spacial score (nSPS) is 12.7. The zero-order valence-electron chi connectivity index (χ0n) is 56.7. The molecular formula is C61H62N18O22S8. The minimum Gasteiger partial charge on any atom is -0.493 e. The summed E-state index contributed by atoms with van der Waals surface area (Å²) in [5.41, 5.74) is 0.376. The molecule has 0 saturated carbocycles. The van der Waals surface area contributed by atoms with E-state index in [2.05, 4.69) is 82.9 Å². The molecule has 576 valence electrons. The fraction of sp³-hybridized carbons (Fsp3) is 0.262. The number of thioether (sulfide) groups is 2. The van der Waals surface area contributed by atoms with Gasteiger partial charge in [0.15, 0.2) is 11.3 Å². The van der Waals surface area contributed by atoms with E-state index >= 15 is 0 Å². The molecule has 0 bridgehead atoms. The number of rotatable bonds is 36. The Bertz CT molecular complexity index is 5950. The van der Waals surface area contributed by atoms with Crippen molar-refractivity contribution in [2.75, 3.05) is 63.6 Å². The van der Waals surface area contributed by atoms with E-state index in [-0.39, 0.29) is 139 Å². The van der Waals surface area contributed by atoms with Gasteiger partial charge < -0.3 is 25.8 Å². The van der Waals surface area contributed by atoms with Crippen LogP contribution in [0.15, 0.2) is 164 Å². The van der Waals surface area contributed by atoms with Crippen LogP contribution in [0.3, 0.4) is 0 Å². The lowest BCUT2D eigenvalue weighted by Crippen LogP contribution is -2.17. The first kappa shape index (κ1) is 82.8. The number of non-ortho nitro benzene ring substituents is 1. The van der Waals surface area contributed by atoms with Crippen molar-refractivity contribution in [1.29, 1.82) is 5.26 Å². The molecule has 0 aliphatic rings. The second-order valence-electron chi connectivity index (χ2n) is 23.1. The van der Waals surface area contributed by atoms with E-state index in [1.54, 1.807) is 31.2 Å². The third-order valence-electron chi connectivity index (χ3n) is 14.9. The maximum absolute atomic E-state index is 12.4. The molecule has 0 aliphatic heterocycles. The quantitative estimate of drug-likeness (QED) is 0.00435. The van der Waals surface area contributed by atoms with E-state index in [1.165, 1.54) is 59.9 Å². The number of ether oxygens (including phenoxy) is 1. The smallest absolute Gasteiger partial charge is 0.297 e. The van der Waals surface area contributed by atoms with Gasteiger partial charge in [-0.3, -0.25) is 41.8 Å². The number of nitriles is 1. The summed E-state index contributed by atoms with van der Waals surface area (Å²) < 4.78 is 210. The second-order valence-corrected chi connectivity index (χ2v) is 34.5. The number of pyridine rings is 1. The summed E-state index contributed by atoms with van der Waals surface area (Å²) in [6, 6.07) is 24.4. The van der Waals surface area contributed by atoms with Gasteiger partial charge in [0.05, 0.1) is 73.2 Å². The van der Waals surface area contributed by atoms with Crippen molar-refractivity contribution in [2.45, 2.75) is 72.5 Å². The molecule has 9 aromatic rings. The van der Waals surface area contributed by atoms with Crippen molar-refractivity contribution in [2.24, 2.45) is 40.9 Å². The lowest BCUT2D eigenvalue weighted by Gasteiger charge is -2.15. The molecule has 40 nitrogen and oxygen atoms in total. The minimum absolute atomic E-state index is 0.000633. The van der Waals surface area contributed by atoms with Crippen LogP contribution >= 0.6 is 23.5 Å². The number of azo groups is 4. The number of hydrogen-bond donors (Lipinski definition) is 10. The Morgan fingerprint density at radius 1 is 0.578 bits per heavy atom. The van der Waals surface area contributed by atoms with E-state index in [1.807, 2.05) is 6.92 Å². The largest absolute Gasteiger partial charge is 0.493 e. The number of nitrogens with one attached hydrogen (secondary N) is 3. The number of fused-ring (bicyclic) bond motifs is 3. The van der Waals surface area contributed by atoms with Crippen LogP contribution in [0.2, 0.25) is 0 Å². The zero-order chi connectivity index (χ0) is 79.4. The van der Waals surface area contributed by atoms with Crippen molar-refractivity contribution < 1.29 is 92.6 Å². The topological polar surface area (TPSA) is 614 Å². The number of benzene rings is 6. The summed E-state index contributed by atoms with van der Waals surface area (Å²) in [5.74, 6) is -4.79. The van der Waals surface area contributed by atoms with Crippen molar-refractivity contribution in [3.63, 3.8) is 0 Å². The molecule has 0 atom stereocenters. The number of anilines is 5. The fourth-order valence-corrected chi connectivity index (χ4v) is 15.2. The van der Waals surface area contributed by atoms with Gasteiger partial charge in [0.1, 0.15) is 45.0 Å². The summed E-state index contributed by atoms with van der Waals surface area (Å²) in [6.45, 7) is 4.06. The van der Waals surface area contributed by atoms with Gasteiger partial charge in [-0.25, -0.2) is 4.98 Å². The number of para-hydroxylation sites is 2. The molecule has 48 heteroatoms. The molecule has 6 aromatic carbocycles. The van der Waals surface area contributed by atoms with Crippen LogP contribution in [-0.4, -0.2) is 160 Å². The van der Waals surface area contributed by atoms with Crippen LogP contribution in [0, 0.1) is 35.3 Å². The lowest BCUT2D eigenvalue weighted by atomic mass is 10.0. The summed E-state index contributed by atoms with van der Waals surface area (Å²) in [4.78, 5) is 27.1. The van der Waals surface area contributed by atoms with Crippen LogP contribution in [-0.2, 0) is 67.1 Å². The summed E-state index contributed by atoms with van der Waals surface area (Å²) >= 11 is 1.93. The van der Waals surface area contributed by atoms with Gasteiger partial charge in [-0.05, 0) is 129 Å². The number of imidazole rings is 1. The Kier molecular flexibility index (Phi) is 26.6. The molecule has 9 rings (SSSR count). The molecule has 0 radical (unpaired) electrons. The van der Waals surface area contributed by atoms with Gasteiger partial charge in [-0.2, -0.15) is 80.9 Å². The third kappa shape index (κ3) is 23.4. The third-order valence-corrected chi connectivity index (χ3v) is 22.0. The van der Waals surface area contributed by atoms with E-state index in [0.29, 0.717) is 34.6 Å². The number of hydrogen-bond acceptors (Lipinski definition) is 34. The standard InChI is InChI=1S/C61H62N18O22S8/c1-4-11-40-41(34-62)57-65-42-14-5-6-15-51(42)78(57)58(80)56(40)77-74-48-26-35(2)44(31-52(48)101-19-8-22-104(83,84)85)71-76-50-30-46(66-61-68-59(63-18-25-107(92,93)94)67-60(69-61)64-37-12-7-13-39(28-37)108(95,96)97)47(33-54(50)103-21-10-24-106(89,90)91)73-75-49-27-36(3)45(32-53(49)102-20-9-23-105(86,87)88)72-70-43-17-16-38(79(81)82)29-55(43)109(98,99)100/h5-7,12-17,26-33,80H,4,8-11,18-25H2,1-3H3,(H,83,84,85)(H,86,87,88)(H,89,90,91)(H,92,93,94)(H,95,96,97)(H,98,99,100)(H3,63,64,66,67,68,69). The molecule has 3 heterocycles. The van der Waals surface area contributed by atoms with Crippen molar-refractivity contribution >= 4 is 181 Å². The maximum Gasteiger partial charge on any atom is 0.297 e. The number of nitro groups is 1. The number of aromatic hydroxyl groups is 1. The lowest BCUT2D eigenvalue weighted by molar-refractivity contribution is -0.385. The van der Waals surface area contributed by atoms with E-state index in [0.717, 1.165) is 47.8 Å². The Morgan fingerprint density at radius 3 is 1.73 bits per heavy atom. The SMILES string of the molecule is CCCc1c(N=Nc2cc(C)c(N=Nc3cc(Nc4nc(NCCS(=O)(=O)O)nc(Nc5cccc(S(=O)(=O)O)c5)n4)c(N=Nc4cc(C)c(N=Nc5ccc([N+](=O)[O-])cc5S(=O)(=O)O)cc4SCCCS(=O)(=O)O)cc3SCCCS(=O)(=O)O)cc2OCCCS(=O)(=O)O)c(O)n2c(nc3ccccc32)c1C#N. The van der Waals surface area contributed by atoms with Gasteiger partial charge in [-0.1, -0.05) is 31.5 Å². The summed E-state index contributed by atoms with van der Waals surface area (Å²) in [7, 11) is -28.0. The van der Waals surface area contributed by atoms with Crippen molar-refractivity contribution in [1.82, 2.24) is 24.3 Å². The zero-order valence-corrected chi connectivity index (χ0v) is 63.3. The van der Waals surface area contributed by atoms with E-state index < -0.39 is 128 Å². The van der Waals surface area contributed by atoms with Gasteiger partial charge in [0.2, 0.25) is 23.7 Å². The fourth-order valence-electron chi connectivity index (χ4n) is 9.93. The predicted molar refractivity (Wildman–Crippen MR) is 399 cm³/mol. The Hall–Kier alpha value is -10.3. The molecule has 109 heavy (non-hydrogen) atoms. The van der Waals surface area contributed by atoms with Crippen molar-refractivity contribution in [3.8, 4) is 17.7 Å². The average molecular weight is 1660 g/mol. The molecule has 3 aromatic heterocycles. The molecule has 0 aliphatic carbocycles. The van der Waals surface area contributed by atoms with Crippen LogP contribution in [0.4, 0.5) is 80.4 Å². The molecule has 0 spiro atoms. The monoisotopic (exact) mass is 1650 g/mol. The molecular weight excluding hydrogens is 1590 g/mol. The molecule has 0 amide bonds. The molecule has 0 saturated heterocycles. The van der Waals surface area contributed by atoms with Crippen LogP contribution in [0.25, 0.3) is 16.7 Å². The van der Waals surface area contributed by atoms with Crippen molar-refractivity contribution in [3.05, 3.63) is 135 Å². The number of aryl methyl sites for hydroxylation is 2. The molecule has 0 fully saturated rings. The second kappa shape index (κ2) is 35.0. The number of aromatic nitrogens is 5. The Morgan fingerprint density at radius 2 is 1.13 bits per heavy atom. The highest BCUT2D eigenvalue weighted by atomic mass is 32.2. The summed E-state index contributed by atoms with van der Waals surface area (Å²) in [5, 5.41) is 77.8. The highest BCUT2D eigenvalue weighted by Gasteiger charge is 2.26. The van der Waals surface area contributed by atoms with E-state index in [9.17, 15) is 98.3 Å². The van der Waals surface area contributed by atoms with Gasteiger partial charge in [0, 0.05) is 45.8 Å². The maximum atomic E-state index is 12.4. The predicted octanol–water partition coefficient (Wildman–Crippen LogP) is 13.1. The van der Waals surface area contributed by atoms with Gasteiger partial charge >= 0.3 is 0 Å². The van der Waals surface area contributed by atoms with Crippen LogP contribution in [0.5, 0.6) is 11.6 Å². The number of nitrogens with zero attached hydrogens (tertiary/aromatic N) is 15. The first-order valence-corrected chi connectivity index (χ1v) is 42.8. The molecule has 10 N–H and O–H groups in total. The first-order chi connectivity index (χ1) is 51.2. The Labute approximate surface area is 629 Å². The highest BCUT2D eigenvalue weighted by molar-refractivity contribution is 7.99. The van der Waals surface area contributed by atoms with Gasteiger partial charge in [0.25, 0.3) is 66.4 Å². The summed E-state index contributed by atoms with van der Waals surface area (Å²) in [6.07, 6.45) is 0.160. The average Bonchev–Trinajstić information content (AvgIpc) is 1.61. The Balaban J connectivity index is 1.23. The van der Waals surface area contributed by atoms with E-state index in [4.69, 9.17) is 4.74 Å². The van der Waals surface area contributed by atoms with Crippen LogP contribution in [0.1, 0.15) is 54.9 Å². The highest BCUT2D eigenvalue weighted by Crippen LogP contribution is 2.46. The first-order valence-electron chi connectivity index (χ1n) is 31.5. The van der Waals surface area contributed by atoms with Crippen LogP contribution < -0.4 is 20.7 Å². The number of nitro benzene ring substituents is 1.